The summed E-state index contributed by atoms with van der Waals surface area (Å²) in [5.41, 5.74) is 2.16. The highest BCUT2D eigenvalue weighted by molar-refractivity contribution is 6.07. The second-order valence-electron chi connectivity index (χ2n) is 5.79. The summed E-state index contributed by atoms with van der Waals surface area (Å²) in [7, 11) is 1.56. The number of nitrogens with zero attached hydrogens (tertiary/aromatic N) is 1. The van der Waals surface area contributed by atoms with Crippen LogP contribution < -0.4 is 10.6 Å². The first-order chi connectivity index (χ1) is 11.5. The average Bonchev–Trinajstić information content (AvgIpc) is 2.58. The molecule has 0 aliphatic carbocycles. The minimum Gasteiger partial charge on any atom is -0.383 e. The predicted octanol–water partition coefficient (Wildman–Crippen LogP) is 1.85. The van der Waals surface area contributed by atoms with Gasteiger partial charge in [0.05, 0.1) is 24.2 Å². The van der Waals surface area contributed by atoms with Crippen LogP contribution in [0.2, 0.25) is 0 Å². The number of carbonyl (C=O) groups is 2. The molecule has 0 aliphatic rings. The summed E-state index contributed by atoms with van der Waals surface area (Å²) in [5.74, 6) is -0.321. The van der Waals surface area contributed by atoms with E-state index in [0.717, 1.165) is 16.6 Å². The Morgan fingerprint density at radius 2 is 1.96 bits per heavy atom. The maximum absolute atomic E-state index is 12.5. The van der Waals surface area contributed by atoms with Crippen LogP contribution in [0.25, 0.3) is 10.9 Å². The van der Waals surface area contributed by atoms with Crippen molar-refractivity contribution in [3.05, 3.63) is 41.6 Å². The van der Waals surface area contributed by atoms with Gasteiger partial charge in [-0.1, -0.05) is 32.0 Å². The Hall–Kier alpha value is -2.47. The molecular weight excluding hydrogens is 306 g/mol. The van der Waals surface area contributed by atoms with Gasteiger partial charge in [0.1, 0.15) is 0 Å². The number of ether oxygens (including phenoxy) is 1. The highest BCUT2D eigenvalue weighted by atomic mass is 16.5. The first-order valence-electron chi connectivity index (χ1n) is 7.96. The molecule has 1 aromatic carbocycles. The maximum atomic E-state index is 12.5. The largest absolute Gasteiger partial charge is 0.383 e. The Labute approximate surface area is 141 Å². The van der Waals surface area contributed by atoms with Crippen molar-refractivity contribution in [2.45, 2.75) is 19.8 Å². The first-order valence-corrected chi connectivity index (χ1v) is 7.96. The summed E-state index contributed by atoms with van der Waals surface area (Å²) in [6.45, 7) is 4.84. The number of hydrogen-bond donors (Lipinski definition) is 2. The van der Waals surface area contributed by atoms with Crippen LogP contribution in [0, 0.1) is 0 Å². The molecule has 24 heavy (non-hydrogen) atoms. The Balaban J connectivity index is 2.15. The number of hydrogen-bond acceptors (Lipinski definition) is 4. The standard InChI is InChI=1S/C18H23N3O3/c1-12(2)16-10-14(13-6-4-5-7-15(13)21-16)18(23)20-11-17(22)19-8-9-24-3/h4-7,10,12H,8-9,11H2,1-3H3,(H,19,22)(H,20,23). The minimum atomic E-state index is -0.280. The topological polar surface area (TPSA) is 80.3 Å². The van der Waals surface area contributed by atoms with Crippen LogP contribution in [0.4, 0.5) is 0 Å². The smallest absolute Gasteiger partial charge is 0.252 e. The first kappa shape index (κ1) is 17.9. The number of pyridine rings is 1. The number of para-hydroxylation sites is 1. The Kier molecular flexibility index (Phi) is 6.26. The van der Waals surface area contributed by atoms with Crippen LogP contribution in [-0.2, 0) is 9.53 Å². The molecule has 6 nitrogen and oxygen atoms in total. The second-order valence-corrected chi connectivity index (χ2v) is 5.79. The number of aromatic nitrogens is 1. The van der Waals surface area contributed by atoms with Crippen molar-refractivity contribution in [1.29, 1.82) is 0 Å². The van der Waals surface area contributed by atoms with Crippen molar-refractivity contribution in [3.63, 3.8) is 0 Å². The zero-order valence-electron chi connectivity index (χ0n) is 14.3. The fourth-order valence-corrected chi connectivity index (χ4v) is 2.29. The fraction of sp³-hybridized carbons (Fsp3) is 0.389. The zero-order valence-corrected chi connectivity index (χ0v) is 14.3. The molecule has 0 fully saturated rings. The van der Waals surface area contributed by atoms with Crippen LogP contribution in [0.3, 0.4) is 0 Å². The predicted molar refractivity (Wildman–Crippen MR) is 93.1 cm³/mol. The molecule has 1 aromatic heterocycles. The lowest BCUT2D eigenvalue weighted by atomic mass is 10.0. The fourth-order valence-electron chi connectivity index (χ4n) is 2.29. The van der Waals surface area contributed by atoms with Gasteiger partial charge in [-0.15, -0.1) is 0 Å². The van der Waals surface area contributed by atoms with Gasteiger partial charge in [-0.2, -0.15) is 0 Å². The van der Waals surface area contributed by atoms with Gasteiger partial charge in [0.15, 0.2) is 0 Å². The average molecular weight is 329 g/mol. The van der Waals surface area contributed by atoms with E-state index in [-0.39, 0.29) is 24.3 Å². The lowest BCUT2D eigenvalue weighted by Gasteiger charge is -2.12. The molecule has 6 heteroatoms. The SMILES string of the molecule is COCCNC(=O)CNC(=O)c1cc(C(C)C)nc2ccccc12. The molecule has 2 amide bonds. The number of methoxy groups -OCH3 is 1. The molecule has 0 saturated heterocycles. The number of benzene rings is 1. The van der Waals surface area contributed by atoms with Crippen molar-refractivity contribution in [1.82, 2.24) is 15.6 Å². The summed E-state index contributed by atoms with van der Waals surface area (Å²) in [5, 5.41) is 6.11. The second kappa shape index (κ2) is 8.40. The van der Waals surface area contributed by atoms with E-state index in [9.17, 15) is 9.59 Å². The van der Waals surface area contributed by atoms with Crippen LogP contribution in [0.5, 0.6) is 0 Å². The number of carbonyl (C=O) groups excluding carboxylic acids is 2. The van der Waals surface area contributed by atoms with Gasteiger partial charge in [0, 0.05) is 24.7 Å². The van der Waals surface area contributed by atoms with Gasteiger partial charge >= 0.3 is 0 Å². The molecule has 0 bridgehead atoms. The van der Waals surface area contributed by atoms with E-state index in [2.05, 4.69) is 15.6 Å². The van der Waals surface area contributed by atoms with E-state index >= 15 is 0 Å². The van der Waals surface area contributed by atoms with Crippen LogP contribution >= 0.6 is 0 Å². The molecule has 2 rings (SSSR count). The van der Waals surface area contributed by atoms with E-state index in [1.165, 1.54) is 0 Å². The Morgan fingerprint density at radius 1 is 1.21 bits per heavy atom. The molecule has 0 aliphatic heterocycles. The maximum Gasteiger partial charge on any atom is 0.252 e. The van der Waals surface area contributed by atoms with E-state index in [0.29, 0.717) is 18.7 Å². The van der Waals surface area contributed by atoms with Crippen molar-refractivity contribution in [2.24, 2.45) is 0 Å². The van der Waals surface area contributed by atoms with Crippen LogP contribution in [0.1, 0.15) is 35.8 Å². The molecule has 2 N–H and O–H groups in total. The third-order valence-electron chi connectivity index (χ3n) is 3.61. The van der Waals surface area contributed by atoms with Gasteiger partial charge in [-0.05, 0) is 18.1 Å². The highest BCUT2D eigenvalue weighted by Gasteiger charge is 2.15. The zero-order chi connectivity index (χ0) is 17.5. The normalized spacial score (nSPS) is 10.8. The Bertz CT molecular complexity index is 729. The van der Waals surface area contributed by atoms with Gasteiger partial charge in [-0.3, -0.25) is 14.6 Å². The number of fused-ring (bicyclic) bond motifs is 1. The summed E-state index contributed by atoms with van der Waals surface area (Å²) >= 11 is 0. The molecular formula is C18H23N3O3. The van der Waals surface area contributed by atoms with Gasteiger partial charge in [0.25, 0.3) is 5.91 Å². The highest BCUT2D eigenvalue weighted by Crippen LogP contribution is 2.22. The summed E-state index contributed by atoms with van der Waals surface area (Å²) < 4.78 is 4.86. The summed E-state index contributed by atoms with van der Waals surface area (Å²) in [4.78, 5) is 28.8. The number of nitrogens with one attached hydrogen (secondary N) is 2. The molecule has 0 unspecified atom stereocenters. The lowest BCUT2D eigenvalue weighted by Crippen LogP contribution is -2.38. The van der Waals surface area contributed by atoms with Crippen molar-refractivity contribution in [3.8, 4) is 0 Å². The van der Waals surface area contributed by atoms with Crippen LogP contribution in [-0.4, -0.2) is 43.6 Å². The monoisotopic (exact) mass is 329 g/mol. The quantitative estimate of drug-likeness (QED) is 0.760. The summed E-state index contributed by atoms with van der Waals surface area (Å²) in [6.07, 6.45) is 0. The molecule has 0 saturated carbocycles. The van der Waals surface area contributed by atoms with Gasteiger partial charge < -0.3 is 15.4 Å². The molecule has 2 aromatic rings. The van der Waals surface area contributed by atoms with Crippen molar-refractivity contribution >= 4 is 22.7 Å². The third kappa shape index (κ3) is 4.52. The summed E-state index contributed by atoms with van der Waals surface area (Å²) in [6, 6.07) is 9.30. The third-order valence-corrected chi connectivity index (χ3v) is 3.61. The van der Waals surface area contributed by atoms with E-state index in [4.69, 9.17) is 4.74 Å². The number of amides is 2. The van der Waals surface area contributed by atoms with E-state index < -0.39 is 0 Å². The molecule has 0 radical (unpaired) electrons. The molecule has 1 heterocycles. The Morgan fingerprint density at radius 3 is 2.67 bits per heavy atom. The molecule has 0 atom stereocenters. The molecule has 0 spiro atoms. The van der Waals surface area contributed by atoms with Crippen molar-refractivity contribution < 1.29 is 14.3 Å². The molecule has 128 valence electrons. The minimum absolute atomic E-state index is 0.0732. The lowest BCUT2D eigenvalue weighted by molar-refractivity contribution is -0.120. The van der Waals surface area contributed by atoms with E-state index in [1.807, 2.05) is 38.1 Å². The number of rotatable bonds is 7. The van der Waals surface area contributed by atoms with E-state index in [1.54, 1.807) is 13.2 Å². The van der Waals surface area contributed by atoms with Crippen molar-refractivity contribution in [2.75, 3.05) is 26.8 Å². The van der Waals surface area contributed by atoms with Crippen LogP contribution in [0.15, 0.2) is 30.3 Å². The van der Waals surface area contributed by atoms with Gasteiger partial charge in [-0.25, -0.2) is 0 Å². The van der Waals surface area contributed by atoms with Gasteiger partial charge in [0.2, 0.25) is 5.91 Å².